The van der Waals surface area contributed by atoms with Gasteiger partial charge in [-0.1, -0.05) is 12.1 Å². The van der Waals surface area contributed by atoms with Crippen molar-refractivity contribution in [3.8, 4) is 0 Å². The van der Waals surface area contributed by atoms with Crippen LogP contribution >= 0.6 is 15.9 Å². The highest BCUT2D eigenvalue weighted by molar-refractivity contribution is 9.10. The van der Waals surface area contributed by atoms with E-state index in [0.29, 0.717) is 6.04 Å². The van der Waals surface area contributed by atoms with Crippen LogP contribution in [-0.2, 0) is 0 Å². The highest BCUT2D eigenvalue weighted by Crippen LogP contribution is 2.19. The van der Waals surface area contributed by atoms with E-state index >= 15 is 0 Å². The molecule has 1 aromatic rings. The summed E-state index contributed by atoms with van der Waals surface area (Å²) in [5.41, 5.74) is 0.767. The summed E-state index contributed by atoms with van der Waals surface area (Å²) < 4.78 is 0.882. The molecule has 2 aliphatic rings. The van der Waals surface area contributed by atoms with Gasteiger partial charge < -0.3 is 10.2 Å². The molecular formula is C15H20BrN3O. The number of piperazine rings is 1. The summed E-state index contributed by atoms with van der Waals surface area (Å²) in [6, 6.07) is 8.33. The molecule has 2 saturated heterocycles. The van der Waals surface area contributed by atoms with Crippen LogP contribution in [0.5, 0.6) is 0 Å². The van der Waals surface area contributed by atoms with Gasteiger partial charge in [-0.25, -0.2) is 0 Å². The number of nitrogens with one attached hydrogen (secondary N) is 1. The number of hydrogen-bond acceptors (Lipinski definition) is 3. The number of halogens is 1. The van der Waals surface area contributed by atoms with Gasteiger partial charge >= 0.3 is 0 Å². The smallest absolute Gasteiger partial charge is 0.255 e. The predicted molar refractivity (Wildman–Crippen MR) is 82.9 cm³/mol. The Morgan fingerprint density at radius 2 is 1.95 bits per heavy atom. The number of carbonyl (C=O) groups excluding carboxylic acids is 1. The maximum atomic E-state index is 12.5. The van der Waals surface area contributed by atoms with E-state index in [4.69, 9.17) is 0 Å². The highest BCUT2D eigenvalue weighted by atomic mass is 79.9. The van der Waals surface area contributed by atoms with E-state index in [1.165, 1.54) is 6.42 Å². The van der Waals surface area contributed by atoms with Gasteiger partial charge in [0, 0.05) is 43.2 Å². The molecule has 2 aliphatic heterocycles. The summed E-state index contributed by atoms with van der Waals surface area (Å²) >= 11 is 3.46. The molecule has 1 amide bonds. The van der Waals surface area contributed by atoms with Crippen LogP contribution in [0.15, 0.2) is 28.7 Å². The van der Waals surface area contributed by atoms with Crippen LogP contribution < -0.4 is 5.32 Å². The van der Waals surface area contributed by atoms with Crippen LogP contribution in [0.1, 0.15) is 16.8 Å². The van der Waals surface area contributed by atoms with Crippen LogP contribution in [0.4, 0.5) is 0 Å². The lowest BCUT2D eigenvalue weighted by Gasteiger charge is -2.37. The minimum absolute atomic E-state index is 0.140. The molecule has 4 nitrogen and oxygen atoms in total. The molecule has 3 rings (SSSR count). The van der Waals surface area contributed by atoms with Crippen molar-refractivity contribution < 1.29 is 4.79 Å². The average molecular weight is 338 g/mol. The number of benzene rings is 1. The highest BCUT2D eigenvalue weighted by Gasteiger charge is 2.28. The summed E-state index contributed by atoms with van der Waals surface area (Å²) in [6.45, 7) is 5.86. The SMILES string of the molecule is O=C(c1ccccc1Br)N1CCN(C2CCNC2)CC1. The van der Waals surface area contributed by atoms with E-state index < -0.39 is 0 Å². The number of nitrogens with zero attached hydrogens (tertiary/aromatic N) is 2. The fourth-order valence-electron chi connectivity index (χ4n) is 3.05. The summed E-state index contributed by atoms with van der Waals surface area (Å²) in [6.07, 6.45) is 1.23. The van der Waals surface area contributed by atoms with Crippen molar-refractivity contribution in [3.05, 3.63) is 34.3 Å². The van der Waals surface area contributed by atoms with E-state index in [1.807, 2.05) is 29.2 Å². The maximum absolute atomic E-state index is 12.5. The summed E-state index contributed by atoms with van der Waals surface area (Å²) in [5.74, 6) is 0.140. The Labute approximate surface area is 128 Å². The second-order valence-electron chi connectivity index (χ2n) is 5.45. The second kappa shape index (κ2) is 6.24. The first kappa shape index (κ1) is 14.0. The van der Waals surface area contributed by atoms with Crippen molar-refractivity contribution in [2.24, 2.45) is 0 Å². The third-order valence-electron chi connectivity index (χ3n) is 4.26. The third-order valence-corrected chi connectivity index (χ3v) is 4.95. The molecule has 1 N–H and O–H groups in total. The topological polar surface area (TPSA) is 35.6 Å². The van der Waals surface area contributed by atoms with E-state index in [-0.39, 0.29) is 5.91 Å². The lowest BCUT2D eigenvalue weighted by molar-refractivity contribution is 0.0583. The standard InChI is InChI=1S/C15H20BrN3O/c16-14-4-2-1-3-13(14)15(20)19-9-7-18(8-10-19)12-5-6-17-11-12/h1-4,12,17H,5-11H2. The molecule has 1 unspecified atom stereocenters. The molecule has 0 saturated carbocycles. The Kier molecular flexibility index (Phi) is 4.38. The van der Waals surface area contributed by atoms with Crippen LogP contribution in [0.2, 0.25) is 0 Å². The van der Waals surface area contributed by atoms with Gasteiger partial charge in [0.25, 0.3) is 5.91 Å². The van der Waals surface area contributed by atoms with E-state index in [0.717, 1.165) is 49.3 Å². The van der Waals surface area contributed by atoms with Gasteiger partial charge in [0.05, 0.1) is 5.56 Å². The van der Waals surface area contributed by atoms with Crippen LogP contribution in [0.25, 0.3) is 0 Å². The number of carbonyl (C=O) groups is 1. The number of hydrogen-bond donors (Lipinski definition) is 1. The monoisotopic (exact) mass is 337 g/mol. The molecule has 1 aromatic carbocycles. The molecule has 0 bridgehead atoms. The zero-order chi connectivity index (χ0) is 13.9. The Balaban J connectivity index is 1.60. The molecule has 2 fully saturated rings. The van der Waals surface area contributed by atoms with Gasteiger partial charge in [0.1, 0.15) is 0 Å². The van der Waals surface area contributed by atoms with Gasteiger partial charge in [-0.05, 0) is 41.0 Å². The zero-order valence-electron chi connectivity index (χ0n) is 11.5. The maximum Gasteiger partial charge on any atom is 0.255 e. The van der Waals surface area contributed by atoms with Crippen molar-refractivity contribution in [1.82, 2.24) is 15.1 Å². The second-order valence-corrected chi connectivity index (χ2v) is 6.31. The first-order valence-corrected chi connectivity index (χ1v) is 8.03. The Morgan fingerprint density at radius 1 is 1.20 bits per heavy atom. The summed E-state index contributed by atoms with van der Waals surface area (Å²) in [5, 5.41) is 3.41. The van der Waals surface area contributed by atoms with Crippen LogP contribution in [-0.4, -0.2) is 61.0 Å². The molecule has 0 aliphatic carbocycles. The first-order chi connectivity index (χ1) is 9.75. The first-order valence-electron chi connectivity index (χ1n) is 7.24. The van der Waals surface area contributed by atoms with Crippen molar-refractivity contribution in [1.29, 1.82) is 0 Å². The molecule has 20 heavy (non-hydrogen) atoms. The summed E-state index contributed by atoms with van der Waals surface area (Å²) in [4.78, 5) is 17.0. The summed E-state index contributed by atoms with van der Waals surface area (Å²) in [7, 11) is 0. The van der Waals surface area contributed by atoms with Crippen molar-refractivity contribution in [3.63, 3.8) is 0 Å². The third kappa shape index (κ3) is 2.90. The van der Waals surface area contributed by atoms with Gasteiger partial charge in [0.15, 0.2) is 0 Å². The minimum atomic E-state index is 0.140. The average Bonchev–Trinajstić information content (AvgIpc) is 3.01. The zero-order valence-corrected chi connectivity index (χ0v) is 13.1. The quantitative estimate of drug-likeness (QED) is 0.889. The van der Waals surface area contributed by atoms with Gasteiger partial charge in [-0.2, -0.15) is 0 Å². The Morgan fingerprint density at radius 3 is 2.60 bits per heavy atom. The predicted octanol–water partition coefficient (Wildman–Crippen LogP) is 1.57. The Bertz CT molecular complexity index is 480. The van der Waals surface area contributed by atoms with Crippen molar-refractivity contribution >= 4 is 21.8 Å². The minimum Gasteiger partial charge on any atom is -0.336 e. The van der Waals surface area contributed by atoms with E-state index in [9.17, 15) is 4.79 Å². The molecule has 0 radical (unpaired) electrons. The molecule has 5 heteroatoms. The molecule has 1 atom stereocenters. The van der Waals surface area contributed by atoms with Gasteiger partial charge in [0.2, 0.25) is 0 Å². The van der Waals surface area contributed by atoms with Crippen LogP contribution in [0, 0.1) is 0 Å². The lowest BCUT2D eigenvalue weighted by atomic mass is 10.1. The lowest BCUT2D eigenvalue weighted by Crippen LogP contribution is -2.52. The number of rotatable bonds is 2. The molecule has 2 heterocycles. The van der Waals surface area contributed by atoms with Gasteiger partial charge in [-0.3, -0.25) is 9.69 Å². The van der Waals surface area contributed by atoms with Crippen LogP contribution in [0.3, 0.4) is 0 Å². The fourth-order valence-corrected chi connectivity index (χ4v) is 3.50. The van der Waals surface area contributed by atoms with E-state index in [2.05, 4.69) is 26.1 Å². The molecular weight excluding hydrogens is 318 g/mol. The van der Waals surface area contributed by atoms with Gasteiger partial charge in [-0.15, -0.1) is 0 Å². The molecule has 108 valence electrons. The normalized spacial score (nSPS) is 24.1. The van der Waals surface area contributed by atoms with E-state index in [1.54, 1.807) is 0 Å². The Hall–Kier alpha value is -0.910. The fraction of sp³-hybridized carbons (Fsp3) is 0.533. The van der Waals surface area contributed by atoms with Crippen molar-refractivity contribution in [2.45, 2.75) is 12.5 Å². The largest absolute Gasteiger partial charge is 0.336 e. The molecule has 0 aromatic heterocycles. The van der Waals surface area contributed by atoms with Crippen molar-refractivity contribution in [2.75, 3.05) is 39.3 Å². The molecule has 0 spiro atoms. The number of amides is 1.